The normalized spacial score (nSPS) is 23.1. The Bertz CT molecular complexity index is 133. The average Bonchev–Trinajstić information content (AvgIpc) is 2.61. The quantitative estimate of drug-likeness (QED) is 0.561. The molecule has 1 unspecified atom stereocenters. The highest BCUT2D eigenvalue weighted by Gasteiger charge is 2.22. The van der Waals surface area contributed by atoms with Gasteiger partial charge in [-0.3, -0.25) is 0 Å². The monoisotopic (exact) mass is 197 g/mol. The van der Waals surface area contributed by atoms with Crippen LogP contribution in [0.15, 0.2) is 0 Å². The van der Waals surface area contributed by atoms with Crippen molar-refractivity contribution in [2.24, 2.45) is 0 Å². The Morgan fingerprint density at radius 2 is 1.93 bits per heavy atom. The summed E-state index contributed by atoms with van der Waals surface area (Å²) >= 11 is 0. The molecule has 1 heteroatoms. The molecule has 0 spiro atoms. The molecule has 1 fully saturated rings. The summed E-state index contributed by atoms with van der Waals surface area (Å²) in [5, 5.41) is 0. The molecule has 0 saturated carbocycles. The van der Waals surface area contributed by atoms with Crippen LogP contribution in [0.4, 0.5) is 0 Å². The van der Waals surface area contributed by atoms with E-state index in [0.717, 1.165) is 6.04 Å². The lowest BCUT2D eigenvalue weighted by atomic mass is 10.1. The number of hydrogen-bond donors (Lipinski definition) is 0. The molecule has 1 aliphatic heterocycles. The highest BCUT2D eigenvalue weighted by atomic mass is 15.2. The van der Waals surface area contributed by atoms with Crippen molar-refractivity contribution in [3.05, 3.63) is 0 Å². The molecular weight excluding hydrogens is 170 g/mol. The summed E-state index contributed by atoms with van der Waals surface area (Å²) in [5.41, 5.74) is 0. The van der Waals surface area contributed by atoms with Crippen molar-refractivity contribution in [2.75, 3.05) is 13.1 Å². The van der Waals surface area contributed by atoms with Gasteiger partial charge in [0.1, 0.15) is 0 Å². The molecule has 1 rings (SSSR count). The lowest BCUT2D eigenvalue weighted by Gasteiger charge is -2.23. The van der Waals surface area contributed by atoms with Crippen molar-refractivity contribution in [1.82, 2.24) is 4.90 Å². The summed E-state index contributed by atoms with van der Waals surface area (Å²) in [6.07, 6.45) is 11.3. The Balaban J connectivity index is 2.09. The minimum Gasteiger partial charge on any atom is -0.300 e. The van der Waals surface area contributed by atoms with Crippen molar-refractivity contribution in [1.29, 1.82) is 0 Å². The zero-order chi connectivity index (χ0) is 10.2. The third-order valence-electron chi connectivity index (χ3n) is 3.42. The third-order valence-corrected chi connectivity index (χ3v) is 3.42. The first-order chi connectivity index (χ1) is 6.88. The fraction of sp³-hybridized carbons (Fsp3) is 1.00. The fourth-order valence-corrected chi connectivity index (χ4v) is 2.59. The lowest BCUT2D eigenvalue weighted by molar-refractivity contribution is 0.236. The van der Waals surface area contributed by atoms with E-state index in [1.54, 1.807) is 0 Å². The van der Waals surface area contributed by atoms with Gasteiger partial charge in [-0.2, -0.15) is 0 Å². The van der Waals surface area contributed by atoms with Gasteiger partial charge in [0.05, 0.1) is 0 Å². The molecule has 0 N–H and O–H groups in total. The topological polar surface area (TPSA) is 3.24 Å². The zero-order valence-electron chi connectivity index (χ0n) is 10.1. The lowest BCUT2D eigenvalue weighted by Crippen LogP contribution is -2.30. The van der Waals surface area contributed by atoms with Crippen LogP contribution < -0.4 is 0 Å². The van der Waals surface area contributed by atoms with E-state index in [0.29, 0.717) is 0 Å². The summed E-state index contributed by atoms with van der Waals surface area (Å²) in [6.45, 7) is 7.34. The maximum absolute atomic E-state index is 2.74. The summed E-state index contributed by atoms with van der Waals surface area (Å²) in [7, 11) is 0. The van der Waals surface area contributed by atoms with E-state index in [1.165, 1.54) is 64.5 Å². The minimum absolute atomic E-state index is 0.932. The summed E-state index contributed by atoms with van der Waals surface area (Å²) in [6, 6.07) is 0.932. The van der Waals surface area contributed by atoms with Crippen molar-refractivity contribution in [3.8, 4) is 0 Å². The number of likely N-dealkylation sites (tertiary alicyclic amines) is 1. The number of rotatable bonds is 7. The molecular formula is C13H27N. The van der Waals surface area contributed by atoms with Gasteiger partial charge in [0.15, 0.2) is 0 Å². The second kappa shape index (κ2) is 7.28. The second-order valence-electron chi connectivity index (χ2n) is 4.68. The predicted molar refractivity (Wildman–Crippen MR) is 63.6 cm³/mol. The van der Waals surface area contributed by atoms with Crippen LogP contribution in [0.25, 0.3) is 0 Å². The van der Waals surface area contributed by atoms with Gasteiger partial charge in [0.25, 0.3) is 0 Å². The molecule has 0 radical (unpaired) electrons. The summed E-state index contributed by atoms with van der Waals surface area (Å²) < 4.78 is 0. The molecule has 0 bridgehead atoms. The van der Waals surface area contributed by atoms with Crippen LogP contribution in [0, 0.1) is 0 Å². The molecule has 0 aromatic rings. The average molecular weight is 197 g/mol. The number of unbranched alkanes of at least 4 members (excludes halogenated alkanes) is 3. The van der Waals surface area contributed by atoms with Crippen molar-refractivity contribution in [2.45, 2.75) is 71.3 Å². The summed E-state index contributed by atoms with van der Waals surface area (Å²) in [4.78, 5) is 2.74. The molecule has 0 aromatic heterocycles. The molecule has 1 saturated heterocycles. The van der Waals surface area contributed by atoms with E-state index in [1.807, 2.05) is 0 Å². The van der Waals surface area contributed by atoms with E-state index < -0.39 is 0 Å². The van der Waals surface area contributed by atoms with Gasteiger partial charge in [-0.1, -0.05) is 39.5 Å². The van der Waals surface area contributed by atoms with Gasteiger partial charge in [-0.05, 0) is 38.8 Å². The van der Waals surface area contributed by atoms with E-state index >= 15 is 0 Å². The maximum atomic E-state index is 2.74. The van der Waals surface area contributed by atoms with Crippen molar-refractivity contribution < 1.29 is 0 Å². The summed E-state index contributed by atoms with van der Waals surface area (Å²) in [5.74, 6) is 0. The predicted octanol–water partition coefficient (Wildman–Crippen LogP) is 3.83. The highest BCUT2D eigenvalue weighted by Crippen LogP contribution is 2.21. The maximum Gasteiger partial charge on any atom is 0.00956 e. The Hall–Kier alpha value is -0.0400. The van der Waals surface area contributed by atoms with Gasteiger partial charge in [-0.25, -0.2) is 0 Å². The van der Waals surface area contributed by atoms with Gasteiger partial charge in [0, 0.05) is 6.04 Å². The first kappa shape index (κ1) is 12.0. The number of nitrogens with zero attached hydrogens (tertiary/aromatic N) is 1. The van der Waals surface area contributed by atoms with Crippen LogP contribution in [-0.4, -0.2) is 24.0 Å². The first-order valence-electron chi connectivity index (χ1n) is 6.62. The van der Waals surface area contributed by atoms with E-state index in [2.05, 4.69) is 18.7 Å². The van der Waals surface area contributed by atoms with Gasteiger partial charge < -0.3 is 4.90 Å². The van der Waals surface area contributed by atoms with Gasteiger partial charge >= 0.3 is 0 Å². The molecule has 1 heterocycles. The van der Waals surface area contributed by atoms with E-state index in [-0.39, 0.29) is 0 Å². The van der Waals surface area contributed by atoms with E-state index in [9.17, 15) is 0 Å². The molecule has 0 amide bonds. The van der Waals surface area contributed by atoms with Crippen LogP contribution in [-0.2, 0) is 0 Å². The van der Waals surface area contributed by atoms with Crippen LogP contribution >= 0.6 is 0 Å². The van der Waals surface area contributed by atoms with Crippen molar-refractivity contribution in [3.63, 3.8) is 0 Å². The molecule has 1 nitrogen and oxygen atoms in total. The number of hydrogen-bond acceptors (Lipinski definition) is 1. The van der Waals surface area contributed by atoms with Gasteiger partial charge in [0.2, 0.25) is 0 Å². The standard InChI is InChI=1S/C13H27N/c1-3-5-6-7-11-14-12-8-10-13(14)9-4-2/h13H,3-12H2,1-2H3. The van der Waals surface area contributed by atoms with Crippen LogP contribution in [0.2, 0.25) is 0 Å². The highest BCUT2D eigenvalue weighted by molar-refractivity contribution is 4.78. The van der Waals surface area contributed by atoms with Crippen LogP contribution in [0.5, 0.6) is 0 Å². The minimum atomic E-state index is 0.932. The third kappa shape index (κ3) is 4.00. The fourth-order valence-electron chi connectivity index (χ4n) is 2.59. The van der Waals surface area contributed by atoms with Crippen LogP contribution in [0.3, 0.4) is 0 Å². The van der Waals surface area contributed by atoms with Gasteiger partial charge in [-0.15, -0.1) is 0 Å². The Labute approximate surface area is 89.9 Å². The van der Waals surface area contributed by atoms with E-state index in [4.69, 9.17) is 0 Å². The molecule has 84 valence electrons. The second-order valence-corrected chi connectivity index (χ2v) is 4.68. The molecule has 0 aromatic carbocycles. The zero-order valence-corrected chi connectivity index (χ0v) is 10.1. The first-order valence-corrected chi connectivity index (χ1v) is 6.62. The van der Waals surface area contributed by atoms with Crippen LogP contribution in [0.1, 0.15) is 65.2 Å². The smallest absolute Gasteiger partial charge is 0.00956 e. The molecule has 1 aliphatic rings. The van der Waals surface area contributed by atoms with Crippen molar-refractivity contribution >= 4 is 0 Å². The Morgan fingerprint density at radius 3 is 2.64 bits per heavy atom. The Kier molecular flexibility index (Phi) is 6.25. The molecule has 14 heavy (non-hydrogen) atoms. The Morgan fingerprint density at radius 1 is 1.07 bits per heavy atom. The SMILES string of the molecule is CCCCCCN1CCCC1CCC. The largest absolute Gasteiger partial charge is 0.300 e. The molecule has 0 aliphatic carbocycles. The molecule has 1 atom stereocenters.